The second kappa shape index (κ2) is 6.65. The summed E-state index contributed by atoms with van der Waals surface area (Å²) in [5.41, 5.74) is 6.00. The Morgan fingerprint density at radius 2 is 2.23 bits per heavy atom. The fraction of sp³-hybridized carbons (Fsp3) is 0.467. The van der Waals surface area contributed by atoms with Crippen molar-refractivity contribution in [2.24, 2.45) is 5.73 Å². The van der Waals surface area contributed by atoms with Crippen LogP contribution < -0.4 is 15.8 Å². The van der Waals surface area contributed by atoms with E-state index in [-0.39, 0.29) is 35.6 Å². The van der Waals surface area contributed by atoms with Crippen LogP contribution in [-0.2, 0) is 4.79 Å². The molecule has 120 valence electrons. The molecule has 0 aliphatic carbocycles. The van der Waals surface area contributed by atoms with Gasteiger partial charge >= 0.3 is 0 Å². The summed E-state index contributed by atoms with van der Waals surface area (Å²) in [7, 11) is 1.41. The Bertz CT molecular complexity index is 576. The number of nitrogens with one attached hydrogen (secondary N) is 1. The number of rotatable bonds is 4. The zero-order valence-corrected chi connectivity index (χ0v) is 12.7. The van der Waals surface area contributed by atoms with E-state index in [9.17, 15) is 14.7 Å². The molecular formula is C15H21N3O4. The second-order valence-corrected chi connectivity index (χ2v) is 5.22. The molecule has 1 heterocycles. The van der Waals surface area contributed by atoms with Crippen LogP contribution in [-0.4, -0.2) is 54.1 Å². The number of carbonyl (C=O) groups excluding carboxylic acids is 2. The first-order valence-corrected chi connectivity index (χ1v) is 7.19. The average Bonchev–Trinajstić information content (AvgIpc) is 2.89. The Morgan fingerprint density at radius 1 is 1.50 bits per heavy atom. The molecule has 2 rings (SSSR count). The Morgan fingerprint density at radius 3 is 2.86 bits per heavy atom. The second-order valence-electron chi connectivity index (χ2n) is 5.22. The number of amides is 2. The first-order valence-electron chi connectivity index (χ1n) is 7.19. The standard InChI is InChI=1S/C15H21N3O4/c1-3-17-14(20)11-7-9(16)8-18(11)15(21)10-5-4-6-12(22-2)13(10)19/h4-6,9,11,19H,3,7-8,16H2,1-2H3,(H,17,20)/t9-,11+/m1/s1. The van der Waals surface area contributed by atoms with E-state index in [1.54, 1.807) is 12.1 Å². The van der Waals surface area contributed by atoms with E-state index < -0.39 is 11.9 Å². The number of carbonyl (C=O) groups is 2. The molecule has 22 heavy (non-hydrogen) atoms. The Hall–Kier alpha value is -2.28. The summed E-state index contributed by atoms with van der Waals surface area (Å²) in [6.07, 6.45) is 0.405. The highest BCUT2D eigenvalue weighted by molar-refractivity contribution is 6.00. The fourth-order valence-electron chi connectivity index (χ4n) is 2.65. The predicted molar refractivity (Wildman–Crippen MR) is 80.8 cm³/mol. The summed E-state index contributed by atoms with van der Waals surface area (Å²) in [6.45, 7) is 2.57. The molecule has 1 aromatic rings. The van der Waals surface area contributed by atoms with Crippen LogP contribution in [0.25, 0.3) is 0 Å². The predicted octanol–water partition coefficient (Wildman–Crippen LogP) is 0.0787. The molecule has 1 fully saturated rings. The SMILES string of the molecule is CCNC(=O)[C@@H]1C[C@@H](N)CN1C(=O)c1cccc(OC)c1O. The van der Waals surface area contributed by atoms with Crippen molar-refractivity contribution in [1.29, 1.82) is 0 Å². The third kappa shape index (κ3) is 2.99. The van der Waals surface area contributed by atoms with Gasteiger partial charge in [0.1, 0.15) is 6.04 Å². The lowest BCUT2D eigenvalue weighted by molar-refractivity contribution is -0.124. The smallest absolute Gasteiger partial charge is 0.258 e. The van der Waals surface area contributed by atoms with Gasteiger partial charge in [0.2, 0.25) is 5.91 Å². The molecule has 2 amide bonds. The number of ether oxygens (including phenoxy) is 1. The van der Waals surface area contributed by atoms with E-state index in [4.69, 9.17) is 10.5 Å². The summed E-state index contributed by atoms with van der Waals surface area (Å²) in [4.78, 5) is 26.2. The van der Waals surface area contributed by atoms with Crippen LogP contribution in [0.15, 0.2) is 18.2 Å². The third-order valence-corrected chi connectivity index (χ3v) is 3.70. The molecule has 2 atom stereocenters. The minimum Gasteiger partial charge on any atom is -0.504 e. The molecule has 1 saturated heterocycles. The number of benzene rings is 1. The molecule has 0 saturated carbocycles. The lowest BCUT2D eigenvalue weighted by Crippen LogP contribution is -2.46. The lowest BCUT2D eigenvalue weighted by Gasteiger charge is -2.24. The number of hydrogen-bond acceptors (Lipinski definition) is 5. The van der Waals surface area contributed by atoms with Gasteiger partial charge in [-0.05, 0) is 25.5 Å². The van der Waals surface area contributed by atoms with Crippen LogP contribution in [0.5, 0.6) is 11.5 Å². The molecule has 0 bridgehead atoms. The van der Waals surface area contributed by atoms with Crippen molar-refractivity contribution in [3.05, 3.63) is 23.8 Å². The van der Waals surface area contributed by atoms with Crippen LogP contribution in [0, 0.1) is 0 Å². The number of para-hydroxylation sites is 1. The highest BCUT2D eigenvalue weighted by Crippen LogP contribution is 2.31. The summed E-state index contributed by atoms with van der Waals surface area (Å²) >= 11 is 0. The van der Waals surface area contributed by atoms with Crippen LogP contribution in [0.1, 0.15) is 23.7 Å². The third-order valence-electron chi connectivity index (χ3n) is 3.70. The van der Waals surface area contributed by atoms with Crippen molar-refractivity contribution in [3.63, 3.8) is 0 Å². The van der Waals surface area contributed by atoms with Gasteiger partial charge in [0.25, 0.3) is 5.91 Å². The first kappa shape index (κ1) is 16.1. The number of nitrogens with zero attached hydrogens (tertiary/aromatic N) is 1. The van der Waals surface area contributed by atoms with Crippen LogP contribution >= 0.6 is 0 Å². The van der Waals surface area contributed by atoms with Gasteiger partial charge in [0.15, 0.2) is 11.5 Å². The molecule has 1 aliphatic rings. The van der Waals surface area contributed by atoms with Crippen LogP contribution in [0.2, 0.25) is 0 Å². The van der Waals surface area contributed by atoms with E-state index in [0.29, 0.717) is 13.0 Å². The van der Waals surface area contributed by atoms with Crippen molar-refractivity contribution in [2.45, 2.75) is 25.4 Å². The minimum absolute atomic E-state index is 0.0998. The van der Waals surface area contributed by atoms with Crippen LogP contribution in [0.4, 0.5) is 0 Å². The maximum absolute atomic E-state index is 12.7. The summed E-state index contributed by atoms with van der Waals surface area (Å²) < 4.78 is 5.01. The maximum Gasteiger partial charge on any atom is 0.258 e. The molecule has 0 aromatic heterocycles. The highest BCUT2D eigenvalue weighted by atomic mass is 16.5. The number of methoxy groups -OCH3 is 1. The molecule has 0 unspecified atom stereocenters. The number of hydrogen-bond donors (Lipinski definition) is 3. The Balaban J connectivity index is 2.29. The topological polar surface area (TPSA) is 105 Å². The van der Waals surface area contributed by atoms with E-state index in [1.807, 2.05) is 6.92 Å². The Kier molecular flexibility index (Phi) is 4.87. The average molecular weight is 307 g/mol. The van der Waals surface area contributed by atoms with Crippen molar-refractivity contribution in [3.8, 4) is 11.5 Å². The van der Waals surface area contributed by atoms with E-state index in [0.717, 1.165) is 0 Å². The van der Waals surface area contributed by atoms with Crippen molar-refractivity contribution >= 4 is 11.8 Å². The molecule has 7 nitrogen and oxygen atoms in total. The lowest BCUT2D eigenvalue weighted by atomic mass is 10.1. The number of nitrogens with two attached hydrogens (primary N) is 1. The van der Waals surface area contributed by atoms with E-state index in [2.05, 4.69) is 5.32 Å². The summed E-state index contributed by atoms with van der Waals surface area (Å²) in [6, 6.07) is 3.79. The van der Waals surface area contributed by atoms with Crippen LogP contribution in [0.3, 0.4) is 0 Å². The Labute approximate surface area is 129 Å². The van der Waals surface area contributed by atoms with Crippen molar-refractivity contribution in [2.75, 3.05) is 20.2 Å². The summed E-state index contributed by atoms with van der Waals surface area (Å²) in [5, 5.41) is 12.8. The largest absolute Gasteiger partial charge is 0.504 e. The molecule has 1 aromatic carbocycles. The number of likely N-dealkylation sites (N-methyl/N-ethyl adjacent to an activating group) is 1. The van der Waals surface area contributed by atoms with Gasteiger partial charge in [-0.2, -0.15) is 0 Å². The number of likely N-dealkylation sites (tertiary alicyclic amines) is 1. The molecule has 4 N–H and O–H groups in total. The van der Waals surface area contributed by atoms with Crippen molar-refractivity contribution in [1.82, 2.24) is 10.2 Å². The number of aromatic hydroxyl groups is 1. The van der Waals surface area contributed by atoms with Gasteiger partial charge in [0, 0.05) is 19.1 Å². The molecule has 0 spiro atoms. The monoisotopic (exact) mass is 307 g/mol. The maximum atomic E-state index is 12.7. The quantitative estimate of drug-likeness (QED) is 0.730. The zero-order valence-electron chi connectivity index (χ0n) is 12.7. The van der Waals surface area contributed by atoms with Crippen molar-refractivity contribution < 1.29 is 19.4 Å². The normalized spacial score (nSPS) is 20.8. The van der Waals surface area contributed by atoms with E-state index >= 15 is 0 Å². The van der Waals surface area contributed by atoms with Gasteiger partial charge < -0.3 is 25.8 Å². The molecule has 1 aliphatic heterocycles. The van der Waals surface area contributed by atoms with Gasteiger partial charge in [-0.15, -0.1) is 0 Å². The van der Waals surface area contributed by atoms with Gasteiger partial charge in [-0.1, -0.05) is 6.07 Å². The zero-order chi connectivity index (χ0) is 16.3. The number of phenols is 1. The molecule has 7 heteroatoms. The van der Waals surface area contributed by atoms with Gasteiger partial charge in [0.05, 0.1) is 12.7 Å². The molecule has 0 radical (unpaired) electrons. The highest BCUT2D eigenvalue weighted by Gasteiger charge is 2.39. The molecular weight excluding hydrogens is 286 g/mol. The van der Waals surface area contributed by atoms with Gasteiger partial charge in [-0.3, -0.25) is 9.59 Å². The number of phenolic OH excluding ortho intramolecular Hbond substituents is 1. The first-order chi connectivity index (χ1) is 10.5. The fourth-order valence-corrected chi connectivity index (χ4v) is 2.65. The summed E-state index contributed by atoms with van der Waals surface area (Å²) in [5.74, 6) is -0.680. The van der Waals surface area contributed by atoms with Gasteiger partial charge in [-0.25, -0.2) is 0 Å². The minimum atomic E-state index is -0.618. The van der Waals surface area contributed by atoms with E-state index in [1.165, 1.54) is 18.1 Å².